The van der Waals surface area contributed by atoms with Crippen LogP contribution in [0.5, 0.6) is 0 Å². The van der Waals surface area contributed by atoms with Gasteiger partial charge in [0.1, 0.15) is 5.01 Å². The van der Waals surface area contributed by atoms with Crippen molar-refractivity contribution >= 4 is 22.4 Å². The second-order valence-electron chi connectivity index (χ2n) is 5.00. The zero-order chi connectivity index (χ0) is 13.5. The molecule has 0 aliphatic heterocycles. The number of fused-ring (bicyclic) bond motifs is 2. The minimum atomic E-state index is -0.342. The lowest BCUT2D eigenvalue weighted by molar-refractivity contribution is 0.160. The summed E-state index contributed by atoms with van der Waals surface area (Å²) in [5, 5.41) is 11.0. The van der Waals surface area contributed by atoms with E-state index in [1.807, 2.05) is 18.2 Å². The predicted octanol–water partition coefficient (Wildman–Crippen LogP) is 3.12. The molecule has 2 aromatic heterocycles. The molecule has 1 atom stereocenters. The highest BCUT2D eigenvalue weighted by Gasteiger charge is 2.23. The van der Waals surface area contributed by atoms with Crippen LogP contribution < -0.4 is 0 Å². The molecular weight excluding hydrogens is 270 g/mol. The molecule has 4 nitrogen and oxygen atoms in total. The number of rotatable bonds is 1. The Morgan fingerprint density at radius 3 is 2.85 bits per heavy atom. The number of aliphatic hydroxyl groups excluding tert-OH is 1. The maximum atomic E-state index is 10.0. The van der Waals surface area contributed by atoms with Crippen LogP contribution in [0.3, 0.4) is 0 Å². The zero-order valence-electron chi connectivity index (χ0n) is 10.8. The van der Waals surface area contributed by atoms with E-state index in [4.69, 9.17) is 0 Å². The van der Waals surface area contributed by atoms with E-state index in [2.05, 4.69) is 15.0 Å². The summed E-state index contributed by atoms with van der Waals surface area (Å²) in [7, 11) is 0. The van der Waals surface area contributed by atoms with Gasteiger partial charge in [-0.2, -0.15) is 0 Å². The van der Waals surface area contributed by atoms with Crippen molar-refractivity contribution in [1.29, 1.82) is 0 Å². The Hall–Kier alpha value is -1.85. The van der Waals surface area contributed by atoms with Crippen LogP contribution in [0.4, 0.5) is 0 Å². The molecule has 0 radical (unpaired) electrons. The largest absolute Gasteiger partial charge is 0.388 e. The van der Waals surface area contributed by atoms with Gasteiger partial charge in [0, 0.05) is 18.0 Å². The third-order valence-corrected chi connectivity index (χ3v) is 4.89. The molecule has 4 rings (SSSR count). The Morgan fingerprint density at radius 1 is 1.15 bits per heavy atom. The number of hydrogen-bond acceptors (Lipinski definition) is 5. The molecule has 1 N–H and O–H groups in total. The van der Waals surface area contributed by atoms with Gasteiger partial charge in [0.25, 0.3) is 0 Å². The number of aromatic nitrogens is 3. The first-order chi connectivity index (χ1) is 9.81. The first-order valence-corrected chi connectivity index (χ1v) is 7.52. The van der Waals surface area contributed by atoms with Crippen LogP contribution in [-0.2, 0) is 6.42 Å². The number of aliphatic hydroxyl groups is 1. The average Bonchev–Trinajstić information content (AvgIpc) is 2.92. The molecule has 1 unspecified atom stereocenters. The smallest absolute Gasteiger partial charge is 0.124 e. The molecular formula is C15H13N3OS. The number of thiazole rings is 1. The van der Waals surface area contributed by atoms with Crippen LogP contribution in [0.1, 0.15) is 29.5 Å². The van der Waals surface area contributed by atoms with Gasteiger partial charge in [-0.05, 0) is 37.5 Å². The first-order valence-electron chi connectivity index (χ1n) is 6.70. The molecule has 3 aromatic rings. The summed E-state index contributed by atoms with van der Waals surface area (Å²) in [5.41, 5.74) is 3.86. The minimum absolute atomic E-state index is 0.342. The second kappa shape index (κ2) is 4.61. The number of aryl methyl sites for hydroxylation is 1. The highest BCUT2D eigenvalue weighted by atomic mass is 32.1. The third-order valence-electron chi connectivity index (χ3n) is 3.64. The summed E-state index contributed by atoms with van der Waals surface area (Å²) in [6, 6.07) is 6.00. The molecule has 0 saturated carbocycles. The zero-order valence-corrected chi connectivity index (χ0v) is 11.6. The van der Waals surface area contributed by atoms with Crippen LogP contribution >= 0.6 is 11.3 Å². The topological polar surface area (TPSA) is 58.9 Å². The van der Waals surface area contributed by atoms with Gasteiger partial charge in [-0.1, -0.05) is 0 Å². The summed E-state index contributed by atoms with van der Waals surface area (Å²) in [6.45, 7) is 0. The van der Waals surface area contributed by atoms with Gasteiger partial charge in [0.2, 0.25) is 0 Å². The standard InChI is InChI=1S/C15H13N3OS/c19-13-3-1-2-11-14(13)20-15(18-11)9-4-5-10-12(8-9)17-7-6-16-10/h4-8,13,19H,1-3H2. The Labute approximate surface area is 120 Å². The molecule has 2 heterocycles. The maximum absolute atomic E-state index is 10.0. The first kappa shape index (κ1) is 11.9. The van der Waals surface area contributed by atoms with Crippen molar-refractivity contribution in [2.24, 2.45) is 0 Å². The van der Waals surface area contributed by atoms with E-state index in [1.165, 1.54) is 0 Å². The maximum Gasteiger partial charge on any atom is 0.124 e. The Bertz CT molecular complexity index is 784. The van der Waals surface area contributed by atoms with Gasteiger partial charge in [-0.15, -0.1) is 11.3 Å². The van der Waals surface area contributed by atoms with E-state index in [9.17, 15) is 5.11 Å². The Kier molecular flexibility index (Phi) is 2.75. The van der Waals surface area contributed by atoms with Gasteiger partial charge < -0.3 is 5.11 Å². The average molecular weight is 283 g/mol. The highest BCUT2D eigenvalue weighted by molar-refractivity contribution is 7.15. The molecule has 0 fully saturated rings. The fourth-order valence-electron chi connectivity index (χ4n) is 2.62. The van der Waals surface area contributed by atoms with E-state index in [-0.39, 0.29) is 6.10 Å². The quantitative estimate of drug-likeness (QED) is 0.745. The van der Waals surface area contributed by atoms with Crippen LogP contribution in [0.15, 0.2) is 30.6 Å². The van der Waals surface area contributed by atoms with Crippen LogP contribution in [0.2, 0.25) is 0 Å². The van der Waals surface area contributed by atoms with Gasteiger partial charge in [0.15, 0.2) is 0 Å². The minimum Gasteiger partial charge on any atom is -0.388 e. The Morgan fingerprint density at radius 2 is 2.00 bits per heavy atom. The monoisotopic (exact) mass is 283 g/mol. The fraction of sp³-hybridized carbons (Fsp3) is 0.267. The molecule has 1 aliphatic carbocycles. The second-order valence-corrected chi connectivity index (χ2v) is 6.03. The van der Waals surface area contributed by atoms with Gasteiger partial charge in [0.05, 0.1) is 27.7 Å². The molecule has 1 aliphatic rings. The molecule has 5 heteroatoms. The number of benzene rings is 1. The summed E-state index contributed by atoms with van der Waals surface area (Å²) < 4.78 is 0. The lowest BCUT2D eigenvalue weighted by Gasteiger charge is -2.14. The van der Waals surface area contributed by atoms with Crippen molar-refractivity contribution in [2.45, 2.75) is 25.4 Å². The van der Waals surface area contributed by atoms with Crippen LogP contribution in [0.25, 0.3) is 21.6 Å². The Balaban J connectivity index is 1.83. The van der Waals surface area contributed by atoms with Crippen LogP contribution in [-0.4, -0.2) is 20.1 Å². The molecule has 0 spiro atoms. The van der Waals surface area contributed by atoms with Gasteiger partial charge >= 0.3 is 0 Å². The van der Waals surface area contributed by atoms with Crippen molar-refractivity contribution in [2.75, 3.05) is 0 Å². The summed E-state index contributed by atoms with van der Waals surface area (Å²) in [4.78, 5) is 14.3. The number of hydrogen-bond donors (Lipinski definition) is 1. The lowest BCUT2D eigenvalue weighted by atomic mass is 10.0. The molecule has 20 heavy (non-hydrogen) atoms. The van der Waals surface area contributed by atoms with E-state index in [0.717, 1.165) is 51.4 Å². The van der Waals surface area contributed by atoms with Crippen molar-refractivity contribution < 1.29 is 5.11 Å². The molecule has 0 bridgehead atoms. The molecule has 100 valence electrons. The van der Waals surface area contributed by atoms with Crippen molar-refractivity contribution in [3.05, 3.63) is 41.2 Å². The summed E-state index contributed by atoms with van der Waals surface area (Å²) >= 11 is 1.60. The predicted molar refractivity (Wildman–Crippen MR) is 78.5 cm³/mol. The van der Waals surface area contributed by atoms with Gasteiger partial charge in [-0.25, -0.2) is 4.98 Å². The van der Waals surface area contributed by atoms with Crippen molar-refractivity contribution in [3.8, 4) is 10.6 Å². The van der Waals surface area contributed by atoms with E-state index in [0.29, 0.717) is 0 Å². The summed E-state index contributed by atoms with van der Waals surface area (Å²) in [5.74, 6) is 0. The van der Waals surface area contributed by atoms with Gasteiger partial charge in [-0.3, -0.25) is 9.97 Å². The molecule has 0 amide bonds. The lowest BCUT2D eigenvalue weighted by Crippen LogP contribution is -2.06. The van der Waals surface area contributed by atoms with E-state index in [1.54, 1.807) is 23.7 Å². The highest BCUT2D eigenvalue weighted by Crippen LogP contribution is 2.38. The van der Waals surface area contributed by atoms with Crippen LogP contribution in [0, 0.1) is 0 Å². The molecule has 0 saturated heterocycles. The summed E-state index contributed by atoms with van der Waals surface area (Å²) in [6.07, 6.45) is 5.88. The third kappa shape index (κ3) is 1.90. The van der Waals surface area contributed by atoms with E-state index < -0.39 is 0 Å². The number of nitrogens with zero attached hydrogens (tertiary/aromatic N) is 3. The molecule has 1 aromatic carbocycles. The fourth-order valence-corrected chi connectivity index (χ4v) is 3.75. The normalized spacial score (nSPS) is 18.1. The van der Waals surface area contributed by atoms with Crippen molar-refractivity contribution in [3.63, 3.8) is 0 Å². The SMILES string of the molecule is OC1CCCc2nc(-c3ccc4nccnc4c3)sc21. The van der Waals surface area contributed by atoms with Crippen molar-refractivity contribution in [1.82, 2.24) is 15.0 Å². The van der Waals surface area contributed by atoms with E-state index >= 15 is 0 Å².